The first-order chi connectivity index (χ1) is 11.2. The minimum absolute atomic E-state index is 0.0470. The lowest BCUT2D eigenvalue weighted by Crippen LogP contribution is -2.53. The third kappa shape index (κ3) is 2.58. The van der Waals surface area contributed by atoms with Crippen molar-refractivity contribution in [2.45, 2.75) is 31.8 Å². The lowest BCUT2D eigenvalue weighted by molar-refractivity contribution is -0.153. The number of nitrogens with one attached hydrogen (secondary N) is 1. The first-order valence-electron chi connectivity index (χ1n) is 8.79. The Balaban J connectivity index is 1.51. The number of aromatic nitrogens is 2. The van der Waals surface area contributed by atoms with E-state index in [1.807, 2.05) is 24.3 Å². The van der Waals surface area contributed by atoms with Gasteiger partial charge in [-0.1, -0.05) is 12.8 Å². The number of fused-ring (bicyclic) bond motifs is 1. The second-order valence-corrected chi connectivity index (χ2v) is 7.29. The van der Waals surface area contributed by atoms with E-state index in [4.69, 9.17) is 4.74 Å². The minimum atomic E-state index is -0.158. The van der Waals surface area contributed by atoms with Crippen molar-refractivity contribution < 1.29 is 9.53 Å². The fourth-order valence-corrected chi connectivity index (χ4v) is 4.63. The number of rotatable bonds is 2. The SMILES string of the molecule is Cn1cc(C2CN(C(=O)[C@@]34CCCC[C@H]3CNC4)CCO2)cn1. The highest BCUT2D eigenvalue weighted by atomic mass is 16.5. The van der Waals surface area contributed by atoms with Crippen molar-refractivity contribution in [1.29, 1.82) is 0 Å². The highest BCUT2D eigenvalue weighted by Gasteiger charge is 2.51. The predicted molar refractivity (Wildman–Crippen MR) is 85.7 cm³/mol. The number of hydrogen-bond acceptors (Lipinski definition) is 4. The molecule has 2 saturated heterocycles. The number of amides is 1. The van der Waals surface area contributed by atoms with Crippen molar-refractivity contribution in [3.8, 4) is 0 Å². The maximum absolute atomic E-state index is 13.3. The molecule has 23 heavy (non-hydrogen) atoms. The van der Waals surface area contributed by atoms with Crippen LogP contribution in [0.2, 0.25) is 0 Å². The van der Waals surface area contributed by atoms with Crippen LogP contribution in [0.4, 0.5) is 0 Å². The number of aryl methyl sites for hydroxylation is 1. The Kier molecular flexibility index (Phi) is 3.89. The van der Waals surface area contributed by atoms with Crippen molar-refractivity contribution in [3.05, 3.63) is 18.0 Å². The van der Waals surface area contributed by atoms with Crippen LogP contribution in [0.25, 0.3) is 0 Å². The summed E-state index contributed by atoms with van der Waals surface area (Å²) in [6.07, 6.45) is 8.46. The first kappa shape index (κ1) is 15.1. The molecule has 0 radical (unpaired) electrons. The van der Waals surface area contributed by atoms with E-state index in [0.29, 0.717) is 31.5 Å². The number of nitrogens with zero attached hydrogens (tertiary/aromatic N) is 3. The van der Waals surface area contributed by atoms with E-state index in [2.05, 4.69) is 10.4 Å². The van der Waals surface area contributed by atoms with Crippen LogP contribution < -0.4 is 5.32 Å². The van der Waals surface area contributed by atoms with E-state index in [-0.39, 0.29) is 11.5 Å². The van der Waals surface area contributed by atoms with Crippen LogP contribution in [-0.2, 0) is 16.6 Å². The van der Waals surface area contributed by atoms with Gasteiger partial charge < -0.3 is 15.0 Å². The van der Waals surface area contributed by atoms with Crippen molar-refractivity contribution in [2.75, 3.05) is 32.8 Å². The molecule has 2 aliphatic heterocycles. The zero-order valence-electron chi connectivity index (χ0n) is 13.8. The first-order valence-corrected chi connectivity index (χ1v) is 8.79. The Morgan fingerprint density at radius 1 is 1.48 bits per heavy atom. The van der Waals surface area contributed by atoms with Gasteiger partial charge in [-0.3, -0.25) is 9.48 Å². The monoisotopic (exact) mass is 318 g/mol. The van der Waals surface area contributed by atoms with E-state index in [1.54, 1.807) is 4.68 Å². The van der Waals surface area contributed by atoms with Gasteiger partial charge >= 0.3 is 0 Å². The minimum Gasteiger partial charge on any atom is -0.370 e. The fraction of sp³-hybridized carbons (Fsp3) is 0.765. The van der Waals surface area contributed by atoms with Crippen molar-refractivity contribution >= 4 is 5.91 Å². The average molecular weight is 318 g/mol. The van der Waals surface area contributed by atoms with E-state index < -0.39 is 0 Å². The molecule has 1 aromatic rings. The molecule has 1 aliphatic carbocycles. The number of hydrogen-bond donors (Lipinski definition) is 1. The standard InChI is InChI=1S/C17H26N4O2/c1-20-10-13(8-19-20)15-11-21(6-7-23-15)16(22)17-5-3-2-4-14(17)9-18-12-17/h8,10,14-15,18H,2-7,9,11-12H2,1H3/t14-,15?,17+/m0/s1. The molecule has 3 atom stereocenters. The van der Waals surface area contributed by atoms with Crippen molar-refractivity contribution in [2.24, 2.45) is 18.4 Å². The Morgan fingerprint density at radius 2 is 2.39 bits per heavy atom. The molecule has 0 bridgehead atoms. The normalized spacial score (nSPS) is 34.4. The van der Waals surface area contributed by atoms with E-state index >= 15 is 0 Å². The molecule has 0 spiro atoms. The Bertz CT molecular complexity index is 587. The van der Waals surface area contributed by atoms with Crippen LogP contribution in [0.15, 0.2) is 12.4 Å². The zero-order valence-corrected chi connectivity index (χ0v) is 13.8. The van der Waals surface area contributed by atoms with Gasteiger partial charge in [0.1, 0.15) is 6.10 Å². The molecule has 1 saturated carbocycles. The largest absolute Gasteiger partial charge is 0.370 e. The lowest BCUT2D eigenvalue weighted by atomic mass is 9.67. The highest BCUT2D eigenvalue weighted by molar-refractivity contribution is 5.84. The Morgan fingerprint density at radius 3 is 3.22 bits per heavy atom. The molecular weight excluding hydrogens is 292 g/mol. The van der Waals surface area contributed by atoms with Crippen LogP contribution in [0.3, 0.4) is 0 Å². The number of morpholine rings is 1. The maximum atomic E-state index is 13.3. The van der Waals surface area contributed by atoms with Crippen LogP contribution >= 0.6 is 0 Å². The molecule has 0 aromatic carbocycles. The molecule has 6 nitrogen and oxygen atoms in total. The van der Waals surface area contributed by atoms with Gasteiger partial charge in [-0.15, -0.1) is 0 Å². The van der Waals surface area contributed by atoms with Crippen LogP contribution in [0, 0.1) is 11.3 Å². The summed E-state index contributed by atoms with van der Waals surface area (Å²) in [5.74, 6) is 0.868. The molecule has 1 aromatic heterocycles. The fourth-order valence-electron chi connectivity index (χ4n) is 4.63. The summed E-state index contributed by atoms with van der Waals surface area (Å²) in [5.41, 5.74) is 0.905. The molecule has 3 fully saturated rings. The van der Waals surface area contributed by atoms with Crippen LogP contribution in [-0.4, -0.2) is 53.4 Å². The molecule has 1 N–H and O–H groups in total. The molecular formula is C17H26N4O2. The predicted octanol–water partition coefficient (Wildman–Crippen LogP) is 1.10. The smallest absolute Gasteiger partial charge is 0.230 e. The molecule has 1 amide bonds. The zero-order chi connectivity index (χ0) is 15.9. The molecule has 4 rings (SSSR count). The van der Waals surface area contributed by atoms with E-state index in [0.717, 1.165) is 25.1 Å². The second-order valence-electron chi connectivity index (χ2n) is 7.29. The quantitative estimate of drug-likeness (QED) is 0.887. The van der Waals surface area contributed by atoms with Gasteiger partial charge in [-0.05, 0) is 25.3 Å². The van der Waals surface area contributed by atoms with Gasteiger partial charge in [0.2, 0.25) is 5.91 Å². The molecule has 6 heteroatoms. The van der Waals surface area contributed by atoms with Gasteiger partial charge in [0, 0.05) is 31.9 Å². The Labute approximate surface area is 137 Å². The lowest BCUT2D eigenvalue weighted by Gasteiger charge is -2.43. The van der Waals surface area contributed by atoms with Crippen molar-refractivity contribution in [1.82, 2.24) is 20.0 Å². The average Bonchev–Trinajstić information content (AvgIpc) is 3.21. The van der Waals surface area contributed by atoms with Gasteiger partial charge in [-0.2, -0.15) is 5.10 Å². The molecule has 126 valence electrons. The van der Waals surface area contributed by atoms with E-state index in [1.165, 1.54) is 19.3 Å². The third-order valence-electron chi connectivity index (χ3n) is 5.91. The van der Waals surface area contributed by atoms with Crippen LogP contribution in [0.1, 0.15) is 37.4 Å². The summed E-state index contributed by atoms with van der Waals surface area (Å²) in [6, 6.07) is 0. The summed E-state index contributed by atoms with van der Waals surface area (Å²) < 4.78 is 7.68. The Hall–Kier alpha value is -1.40. The topological polar surface area (TPSA) is 59.4 Å². The summed E-state index contributed by atoms with van der Waals surface area (Å²) in [7, 11) is 1.91. The number of ether oxygens (including phenoxy) is 1. The second kappa shape index (κ2) is 5.91. The van der Waals surface area contributed by atoms with E-state index in [9.17, 15) is 4.79 Å². The molecule has 3 heterocycles. The van der Waals surface area contributed by atoms with Gasteiger partial charge in [0.15, 0.2) is 0 Å². The van der Waals surface area contributed by atoms with Gasteiger partial charge in [-0.25, -0.2) is 0 Å². The summed E-state index contributed by atoms with van der Waals surface area (Å²) in [5, 5.41) is 7.71. The van der Waals surface area contributed by atoms with Gasteiger partial charge in [0.05, 0.1) is 24.8 Å². The van der Waals surface area contributed by atoms with Gasteiger partial charge in [0.25, 0.3) is 0 Å². The summed E-state index contributed by atoms with van der Waals surface area (Å²) >= 11 is 0. The molecule has 1 unspecified atom stereocenters. The van der Waals surface area contributed by atoms with Crippen molar-refractivity contribution in [3.63, 3.8) is 0 Å². The highest BCUT2D eigenvalue weighted by Crippen LogP contribution is 2.45. The number of carbonyl (C=O) groups is 1. The molecule has 3 aliphatic rings. The third-order valence-corrected chi connectivity index (χ3v) is 5.91. The summed E-state index contributed by atoms with van der Waals surface area (Å²) in [6.45, 7) is 3.83. The maximum Gasteiger partial charge on any atom is 0.230 e. The summed E-state index contributed by atoms with van der Waals surface area (Å²) in [4.78, 5) is 15.4. The number of carbonyl (C=O) groups excluding carboxylic acids is 1. The van der Waals surface area contributed by atoms with Crippen LogP contribution in [0.5, 0.6) is 0 Å².